The summed E-state index contributed by atoms with van der Waals surface area (Å²) >= 11 is 0. The predicted octanol–water partition coefficient (Wildman–Crippen LogP) is 1.73. The normalized spacial score (nSPS) is 29.7. The van der Waals surface area contributed by atoms with Crippen molar-refractivity contribution in [3.8, 4) is 0 Å². The second-order valence-corrected chi connectivity index (χ2v) is 6.62. The topological polar surface area (TPSA) is 76.1 Å². The summed E-state index contributed by atoms with van der Waals surface area (Å²) in [5.41, 5.74) is 12.2. The minimum atomic E-state index is 0.260. The van der Waals surface area contributed by atoms with Gasteiger partial charge in [0.2, 0.25) is 0 Å². The molecule has 4 heteroatoms. The van der Waals surface area contributed by atoms with Crippen molar-refractivity contribution in [1.29, 1.82) is 0 Å². The third-order valence-electron chi connectivity index (χ3n) is 4.90. The average molecular weight is 284 g/mol. The van der Waals surface area contributed by atoms with Crippen LogP contribution in [0.4, 0.5) is 0 Å². The summed E-state index contributed by atoms with van der Waals surface area (Å²) in [7, 11) is 0. The molecule has 1 aliphatic rings. The van der Waals surface area contributed by atoms with Crippen LogP contribution in [0, 0.1) is 0 Å². The van der Waals surface area contributed by atoms with E-state index in [1.54, 1.807) is 0 Å². The van der Waals surface area contributed by atoms with Gasteiger partial charge in [0.1, 0.15) is 0 Å². The van der Waals surface area contributed by atoms with Gasteiger partial charge in [-0.2, -0.15) is 0 Å². The molecule has 1 fully saturated rings. The lowest BCUT2D eigenvalue weighted by Gasteiger charge is -2.36. The van der Waals surface area contributed by atoms with Crippen LogP contribution in [0.2, 0.25) is 0 Å². The Balaban J connectivity index is 2.38. The van der Waals surface area contributed by atoms with E-state index in [0.717, 1.165) is 12.8 Å². The zero-order chi connectivity index (χ0) is 15.1. The molecule has 0 spiro atoms. The highest BCUT2D eigenvalue weighted by atomic mass is 15.0. The molecule has 0 heterocycles. The van der Waals surface area contributed by atoms with Gasteiger partial charge in [0, 0.05) is 36.3 Å². The highest BCUT2D eigenvalue weighted by Crippen LogP contribution is 2.20. The van der Waals surface area contributed by atoms with Crippen molar-refractivity contribution in [2.75, 3.05) is 0 Å². The van der Waals surface area contributed by atoms with E-state index < -0.39 is 0 Å². The number of rotatable bonds is 8. The fourth-order valence-electron chi connectivity index (χ4n) is 3.19. The van der Waals surface area contributed by atoms with Gasteiger partial charge < -0.3 is 22.1 Å². The first-order valence-corrected chi connectivity index (χ1v) is 8.51. The fourth-order valence-corrected chi connectivity index (χ4v) is 3.19. The largest absolute Gasteiger partial charge is 0.326 e. The molecular formula is C16H36N4. The molecule has 0 aromatic rings. The van der Waals surface area contributed by atoms with Crippen molar-refractivity contribution in [2.24, 2.45) is 11.5 Å². The maximum atomic E-state index is 6.11. The summed E-state index contributed by atoms with van der Waals surface area (Å²) in [6, 6.07) is 2.52. The summed E-state index contributed by atoms with van der Waals surface area (Å²) < 4.78 is 0. The van der Waals surface area contributed by atoms with Crippen LogP contribution in [0.15, 0.2) is 0 Å². The summed E-state index contributed by atoms with van der Waals surface area (Å²) in [5, 5.41) is 7.44. The predicted molar refractivity (Wildman–Crippen MR) is 87.8 cm³/mol. The molecule has 4 nitrogen and oxygen atoms in total. The van der Waals surface area contributed by atoms with Crippen molar-refractivity contribution >= 4 is 0 Å². The van der Waals surface area contributed by atoms with Crippen LogP contribution in [-0.2, 0) is 0 Å². The van der Waals surface area contributed by atoms with E-state index in [-0.39, 0.29) is 12.1 Å². The second-order valence-electron chi connectivity index (χ2n) is 6.62. The van der Waals surface area contributed by atoms with E-state index in [1.807, 2.05) is 0 Å². The van der Waals surface area contributed by atoms with Crippen LogP contribution in [0.25, 0.3) is 0 Å². The third kappa shape index (κ3) is 5.68. The highest BCUT2D eigenvalue weighted by molar-refractivity contribution is 4.88. The van der Waals surface area contributed by atoms with E-state index in [2.05, 4.69) is 38.3 Å². The van der Waals surface area contributed by atoms with Crippen LogP contribution in [0.5, 0.6) is 0 Å². The smallest absolute Gasteiger partial charge is 0.0193 e. The summed E-state index contributed by atoms with van der Waals surface area (Å²) in [5.74, 6) is 0. The lowest BCUT2D eigenvalue weighted by Crippen LogP contribution is -2.53. The number of hydrogen-bond donors (Lipinski definition) is 4. The van der Waals surface area contributed by atoms with Gasteiger partial charge in [0.15, 0.2) is 0 Å². The maximum Gasteiger partial charge on any atom is 0.0193 e. The Morgan fingerprint density at radius 2 is 1.30 bits per heavy atom. The molecule has 0 radical (unpaired) electrons. The Morgan fingerprint density at radius 3 is 1.65 bits per heavy atom. The zero-order valence-corrected chi connectivity index (χ0v) is 13.9. The molecule has 6 N–H and O–H groups in total. The van der Waals surface area contributed by atoms with Crippen LogP contribution >= 0.6 is 0 Å². The zero-order valence-electron chi connectivity index (χ0n) is 13.9. The SMILES string of the molecule is CCC(N)C(C)NC1CCCC(NC(C)C(N)CC)C1. The van der Waals surface area contributed by atoms with Gasteiger partial charge in [-0.05, 0) is 46.0 Å². The van der Waals surface area contributed by atoms with Crippen LogP contribution < -0.4 is 22.1 Å². The van der Waals surface area contributed by atoms with E-state index in [4.69, 9.17) is 11.5 Å². The lowest BCUT2D eigenvalue weighted by atomic mass is 9.89. The molecule has 120 valence electrons. The molecule has 20 heavy (non-hydrogen) atoms. The van der Waals surface area contributed by atoms with Gasteiger partial charge in [0.05, 0.1) is 0 Å². The molecule has 1 saturated carbocycles. The number of hydrogen-bond acceptors (Lipinski definition) is 4. The Kier molecular flexibility index (Phi) is 8.03. The molecule has 6 atom stereocenters. The molecule has 1 aliphatic carbocycles. The first-order chi connectivity index (χ1) is 9.47. The first-order valence-electron chi connectivity index (χ1n) is 8.51. The van der Waals surface area contributed by atoms with Crippen molar-refractivity contribution in [1.82, 2.24) is 10.6 Å². The monoisotopic (exact) mass is 284 g/mol. The quantitative estimate of drug-likeness (QED) is 0.547. The fraction of sp³-hybridized carbons (Fsp3) is 1.00. The third-order valence-corrected chi connectivity index (χ3v) is 4.90. The van der Waals surface area contributed by atoms with Crippen molar-refractivity contribution < 1.29 is 0 Å². The Morgan fingerprint density at radius 1 is 0.900 bits per heavy atom. The lowest BCUT2D eigenvalue weighted by molar-refractivity contribution is 0.254. The standard InChI is InChI=1S/C16H36N4/c1-5-15(17)11(3)19-13-8-7-9-14(10-13)20-12(4)16(18)6-2/h11-16,19-20H,5-10,17-18H2,1-4H3. The summed E-state index contributed by atoms with van der Waals surface area (Å²) in [4.78, 5) is 0. The van der Waals surface area contributed by atoms with Gasteiger partial charge in [-0.1, -0.05) is 20.3 Å². The molecule has 0 aromatic carbocycles. The minimum absolute atomic E-state index is 0.260. The first kappa shape index (κ1) is 17.9. The van der Waals surface area contributed by atoms with Gasteiger partial charge >= 0.3 is 0 Å². The molecule has 6 unspecified atom stereocenters. The Labute approximate surface area is 125 Å². The average Bonchev–Trinajstić information content (AvgIpc) is 2.45. The highest BCUT2D eigenvalue weighted by Gasteiger charge is 2.25. The Hall–Kier alpha value is -0.160. The minimum Gasteiger partial charge on any atom is -0.326 e. The van der Waals surface area contributed by atoms with Crippen LogP contribution in [-0.4, -0.2) is 36.3 Å². The van der Waals surface area contributed by atoms with Crippen LogP contribution in [0.1, 0.15) is 66.2 Å². The van der Waals surface area contributed by atoms with Gasteiger partial charge in [0.25, 0.3) is 0 Å². The second kappa shape index (κ2) is 8.98. The molecule has 0 amide bonds. The van der Waals surface area contributed by atoms with E-state index in [0.29, 0.717) is 24.2 Å². The number of nitrogens with two attached hydrogens (primary N) is 2. The van der Waals surface area contributed by atoms with Gasteiger partial charge in [-0.15, -0.1) is 0 Å². The van der Waals surface area contributed by atoms with E-state index in [1.165, 1.54) is 25.7 Å². The molecule has 0 bridgehead atoms. The summed E-state index contributed by atoms with van der Waals surface area (Å²) in [6.07, 6.45) is 7.09. The molecule has 0 aromatic heterocycles. The summed E-state index contributed by atoms with van der Waals surface area (Å²) in [6.45, 7) is 8.73. The molecule has 0 saturated heterocycles. The van der Waals surface area contributed by atoms with E-state index >= 15 is 0 Å². The van der Waals surface area contributed by atoms with E-state index in [9.17, 15) is 0 Å². The molecular weight excluding hydrogens is 248 g/mol. The van der Waals surface area contributed by atoms with Gasteiger partial charge in [-0.3, -0.25) is 0 Å². The van der Waals surface area contributed by atoms with Crippen molar-refractivity contribution in [3.63, 3.8) is 0 Å². The Bertz CT molecular complexity index is 235. The van der Waals surface area contributed by atoms with Crippen molar-refractivity contribution in [3.05, 3.63) is 0 Å². The number of nitrogens with one attached hydrogen (secondary N) is 2. The molecule has 1 rings (SSSR count). The van der Waals surface area contributed by atoms with Crippen LogP contribution in [0.3, 0.4) is 0 Å². The molecule has 0 aliphatic heterocycles. The van der Waals surface area contributed by atoms with Gasteiger partial charge in [-0.25, -0.2) is 0 Å². The van der Waals surface area contributed by atoms with Crippen molar-refractivity contribution in [2.45, 2.75) is 102 Å². The maximum absolute atomic E-state index is 6.11.